The molecule has 0 radical (unpaired) electrons. The van der Waals surface area contributed by atoms with Gasteiger partial charge < -0.3 is 10.1 Å². The molecule has 5 heteroatoms. The van der Waals surface area contributed by atoms with Gasteiger partial charge in [-0.15, -0.1) is 0 Å². The smallest absolute Gasteiger partial charge is 0.162 e. The highest BCUT2D eigenvalue weighted by molar-refractivity contribution is 9.10. The van der Waals surface area contributed by atoms with Crippen LogP contribution in [0.3, 0.4) is 0 Å². The number of rotatable bonds is 4. The van der Waals surface area contributed by atoms with Crippen LogP contribution < -0.4 is 10.1 Å². The van der Waals surface area contributed by atoms with Gasteiger partial charge in [0.15, 0.2) is 5.82 Å². The molecule has 26 heavy (non-hydrogen) atoms. The average molecular weight is 406 g/mol. The molecular formula is C21H16BrN3O. The molecule has 4 aromatic rings. The molecule has 0 amide bonds. The first kappa shape index (κ1) is 16.5. The fourth-order valence-electron chi connectivity index (χ4n) is 2.73. The van der Waals surface area contributed by atoms with Crippen molar-refractivity contribution < 1.29 is 4.74 Å². The van der Waals surface area contributed by atoms with Gasteiger partial charge in [0.1, 0.15) is 11.6 Å². The molecule has 1 heterocycles. The van der Waals surface area contributed by atoms with Crippen LogP contribution in [0.2, 0.25) is 0 Å². The second-order valence-electron chi connectivity index (χ2n) is 5.75. The Balaban J connectivity index is 1.84. The summed E-state index contributed by atoms with van der Waals surface area (Å²) in [6.07, 6.45) is 0. The number of ether oxygens (including phenoxy) is 1. The Hall–Kier alpha value is -2.92. The van der Waals surface area contributed by atoms with Crippen molar-refractivity contribution in [3.8, 4) is 17.1 Å². The Bertz CT molecular complexity index is 1060. The summed E-state index contributed by atoms with van der Waals surface area (Å²) >= 11 is 3.58. The fraction of sp³-hybridized carbons (Fsp3) is 0.0476. The molecule has 4 rings (SSSR count). The number of benzene rings is 3. The maximum absolute atomic E-state index is 5.23. The molecule has 0 unspecified atom stereocenters. The molecule has 0 aliphatic rings. The van der Waals surface area contributed by atoms with Crippen molar-refractivity contribution in [2.75, 3.05) is 12.4 Å². The number of hydrogen-bond donors (Lipinski definition) is 1. The zero-order chi connectivity index (χ0) is 17.9. The standard InChI is InChI=1S/C21H16BrN3O/c1-26-15-12-10-14(11-13-15)20-23-18-8-4-2-6-16(18)21(25-20)24-19-9-5-3-7-17(19)22/h2-13H,1H3,(H,23,24,25). The predicted octanol–water partition coefficient (Wildman–Crippen LogP) is 5.81. The summed E-state index contributed by atoms with van der Waals surface area (Å²) in [6, 6.07) is 23.7. The molecule has 0 spiro atoms. The molecule has 0 aliphatic carbocycles. The SMILES string of the molecule is COc1ccc(-c2nc(Nc3ccccc3Br)c3ccccc3n2)cc1. The summed E-state index contributed by atoms with van der Waals surface area (Å²) in [5.41, 5.74) is 2.78. The third-order valence-corrected chi connectivity index (χ3v) is 4.77. The van der Waals surface area contributed by atoms with Crippen LogP contribution in [-0.4, -0.2) is 17.1 Å². The summed E-state index contributed by atoms with van der Waals surface area (Å²) < 4.78 is 6.21. The lowest BCUT2D eigenvalue weighted by Crippen LogP contribution is -1.99. The first-order valence-corrected chi connectivity index (χ1v) is 8.96. The van der Waals surface area contributed by atoms with E-state index in [1.807, 2.05) is 72.8 Å². The predicted molar refractivity (Wildman–Crippen MR) is 109 cm³/mol. The maximum atomic E-state index is 5.23. The monoisotopic (exact) mass is 405 g/mol. The second-order valence-corrected chi connectivity index (χ2v) is 6.60. The van der Waals surface area contributed by atoms with E-state index in [1.165, 1.54) is 0 Å². The van der Waals surface area contributed by atoms with Crippen molar-refractivity contribution in [2.24, 2.45) is 0 Å². The number of nitrogens with one attached hydrogen (secondary N) is 1. The number of anilines is 2. The van der Waals surface area contributed by atoms with E-state index in [1.54, 1.807) is 7.11 Å². The molecule has 128 valence electrons. The van der Waals surface area contributed by atoms with Gasteiger partial charge in [0.2, 0.25) is 0 Å². The van der Waals surface area contributed by atoms with Gasteiger partial charge in [-0.2, -0.15) is 0 Å². The van der Waals surface area contributed by atoms with Crippen LogP contribution in [-0.2, 0) is 0 Å². The van der Waals surface area contributed by atoms with E-state index in [9.17, 15) is 0 Å². The zero-order valence-electron chi connectivity index (χ0n) is 14.1. The van der Waals surface area contributed by atoms with Crippen LogP contribution in [0.25, 0.3) is 22.3 Å². The van der Waals surface area contributed by atoms with E-state index >= 15 is 0 Å². The van der Waals surface area contributed by atoms with Crippen molar-refractivity contribution in [1.82, 2.24) is 9.97 Å². The Morgan fingerprint density at radius 1 is 0.846 bits per heavy atom. The summed E-state index contributed by atoms with van der Waals surface area (Å²) in [7, 11) is 1.65. The minimum Gasteiger partial charge on any atom is -0.497 e. The van der Waals surface area contributed by atoms with Crippen LogP contribution in [0.5, 0.6) is 5.75 Å². The van der Waals surface area contributed by atoms with E-state index in [-0.39, 0.29) is 0 Å². The van der Waals surface area contributed by atoms with E-state index in [4.69, 9.17) is 14.7 Å². The van der Waals surface area contributed by atoms with E-state index in [0.717, 1.165) is 38.2 Å². The first-order chi connectivity index (χ1) is 12.7. The minimum absolute atomic E-state index is 0.668. The molecule has 0 bridgehead atoms. The van der Waals surface area contributed by atoms with Gasteiger partial charge >= 0.3 is 0 Å². The quantitative estimate of drug-likeness (QED) is 0.465. The highest BCUT2D eigenvalue weighted by Gasteiger charge is 2.11. The maximum Gasteiger partial charge on any atom is 0.162 e. The van der Waals surface area contributed by atoms with E-state index in [2.05, 4.69) is 21.2 Å². The zero-order valence-corrected chi connectivity index (χ0v) is 15.7. The van der Waals surface area contributed by atoms with Crippen LogP contribution in [0.4, 0.5) is 11.5 Å². The number of hydrogen-bond acceptors (Lipinski definition) is 4. The van der Waals surface area contributed by atoms with Crippen molar-refractivity contribution >= 4 is 38.3 Å². The lowest BCUT2D eigenvalue weighted by atomic mass is 10.1. The Kier molecular flexibility index (Phi) is 4.54. The van der Waals surface area contributed by atoms with Gasteiger partial charge in [0.25, 0.3) is 0 Å². The van der Waals surface area contributed by atoms with Crippen molar-refractivity contribution in [1.29, 1.82) is 0 Å². The van der Waals surface area contributed by atoms with Crippen LogP contribution >= 0.6 is 15.9 Å². The van der Waals surface area contributed by atoms with Crippen LogP contribution in [0, 0.1) is 0 Å². The molecule has 0 fully saturated rings. The number of nitrogens with zero attached hydrogens (tertiary/aromatic N) is 2. The van der Waals surface area contributed by atoms with Gasteiger partial charge in [-0.1, -0.05) is 24.3 Å². The van der Waals surface area contributed by atoms with Gasteiger partial charge in [-0.05, 0) is 64.5 Å². The number of aromatic nitrogens is 2. The van der Waals surface area contributed by atoms with Gasteiger partial charge in [0.05, 0.1) is 18.3 Å². The average Bonchev–Trinajstić information content (AvgIpc) is 2.69. The minimum atomic E-state index is 0.668. The second kappa shape index (κ2) is 7.14. The van der Waals surface area contributed by atoms with Crippen molar-refractivity contribution in [3.05, 3.63) is 77.3 Å². The molecule has 0 saturated heterocycles. The molecule has 4 nitrogen and oxygen atoms in total. The molecule has 0 atom stereocenters. The van der Waals surface area contributed by atoms with Crippen LogP contribution in [0.15, 0.2) is 77.3 Å². The van der Waals surface area contributed by atoms with Crippen LogP contribution in [0.1, 0.15) is 0 Å². The normalized spacial score (nSPS) is 10.7. The van der Waals surface area contributed by atoms with E-state index < -0.39 is 0 Å². The molecule has 0 aliphatic heterocycles. The molecular weight excluding hydrogens is 390 g/mol. The van der Waals surface area contributed by atoms with Gasteiger partial charge in [-0.3, -0.25) is 0 Å². The number of fused-ring (bicyclic) bond motifs is 1. The Morgan fingerprint density at radius 2 is 1.58 bits per heavy atom. The molecule has 1 N–H and O–H groups in total. The number of para-hydroxylation sites is 2. The topological polar surface area (TPSA) is 47.0 Å². The summed E-state index contributed by atoms with van der Waals surface area (Å²) in [5, 5.41) is 4.40. The summed E-state index contributed by atoms with van der Waals surface area (Å²) in [6.45, 7) is 0. The van der Waals surface area contributed by atoms with Gasteiger partial charge in [0, 0.05) is 15.4 Å². The van der Waals surface area contributed by atoms with Gasteiger partial charge in [-0.25, -0.2) is 9.97 Å². The number of methoxy groups -OCH3 is 1. The first-order valence-electron chi connectivity index (χ1n) is 8.17. The Morgan fingerprint density at radius 3 is 2.35 bits per heavy atom. The fourth-order valence-corrected chi connectivity index (χ4v) is 3.12. The lowest BCUT2D eigenvalue weighted by molar-refractivity contribution is 0.415. The van der Waals surface area contributed by atoms with Crippen molar-refractivity contribution in [3.63, 3.8) is 0 Å². The third kappa shape index (κ3) is 3.26. The highest BCUT2D eigenvalue weighted by atomic mass is 79.9. The third-order valence-electron chi connectivity index (χ3n) is 4.08. The molecule has 3 aromatic carbocycles. The number of halogens is 1. The lowest BCUT2D eigenvalue weighted by Gasteiger charge is -2.12. The molecule has 0 saturated carbocycles. The summed E-state index contributed by atoms with van der Waals surface area (Å²) in [4.78, 5) is 9.50. The largest absolute Gasteiger partial charge is 0.497 e. The highest BCUT2D eigenvalue weighted by Crippen LogP contribution is 2.30. The summed E-state index contributed by atoms with van der Waals surface area (Å²) in [5.74, 6) is 2.25. The molecule has 1 aromatic heterocycles. The van der Waals surface area contributed by atoms with Crippen molar-refractivity contribution in [2.45, 2.75) is 0 Å². The Labute approximate surface area is 160 Å². The van der Waals surface area contributed by atoms with E-state index in [0.29, 0.717) is 5.82 Å².